The first-order valence-electron chi connectivity index (χ1n) is 6.00. The minimum absolute atomic E-state index is 0. The van der Waals surface area contributed by atoms with E-state index < -0.39 is 0 Å². The second-order valence-corrected chi connectivity index (χ2v) is 5.05. The molecule has 1 amide bonds. The fraction of sp³-hybridized carbons (Fsp3) is 0.462. The van der Waals surface area contributed by atoms with E-state index in [4.69, 9.17) is 10.5 Å². The number of carbonyl (C=O) groups is 1. The van der Waals surface area contributed by atoms with Crippen LogP contribution in [0.1, 0.15) is 12.0 Å². The Hall–Kier alpha value is -0.690. The molecule has 1 aromatic rings. The third-order valence-corrected chi connectivity index (χ3v) is 3.23. The van der Waals surface area contributed by atoms with Gasteiger partial charge in [0.15, 0.2) is 0 Å². The molecule has 0 aliphatic heterocycles. The summed E-state index contributed by atoms with van der Waals surface area (Å²) in [7, 11) is 1.52. The predicted octanol–water partition coefficient (Wildman–Crippen LogP) is 2.03. The van der Waals surface area contributed by atoms with Crippen molar-refractivity contribution in [2.24, 2.45) is 5.73 Å². The van der Waals surface area contributed by atoms with Gasteiger partial charge in [0.05, 0.1) is 12.5 Å². The van der Waals surface area contributed by atoms with Crippen LogP contribution in [0.25, 0.3) is 0 Å². The van der Waals surface area contributed by atoms with Crippen LogP contribution in [0.3, 0.4) is 0 Å². The Bertz CT molecular complexity index is 431. The maximum Gasteiger partial charge on any atom is 0.222 e. The smallest absolute Gasteiger partial charge is 0.222 e. The van der Waals surface area contributed by atoms with E-state index in [0.29, 0.717) is 25.1 Å². The zero-order chi connectivity index (χ0) is 14.3. The highest BCUT2D eigenvalue weighted by Crippen LogP contribution is 2.15. The Morgan fingerprint density at radius 2 is 2.25 bits per heavy atom. The van der Waals surface area contributed by atoms with E-state index in [-0.39, 0.29) is 36.7 Å². The largest absolute Gasteiger partial charge is 0.380 e. The van der Waals surface area contributed by atoms with Gasteiger partial charge >= 0.3 is 0 Å². The Kier molecular flexibility index (Phi) is 9.75. The molecule has 114 valence electrons. The van der Waals surface area contributed by atoms with Crippen molar-refractivity contribution >= 4 is 34.2 Å². The van der Waals surface area contributed by atoms with Gasteiger partial charge in [-0.1, -0.05) is 15.9 Å². The molecule has 4 nitrogen and oxygen atoms in total. The molecule has 0 fully saturated rings. The van der Waals surface area contributed by atoms with Crippen molar-refractivity contribution < 1.29 is 13.9 Å². The lowest BCUT2D eigenvalue weighted by Crippen LogP contribution is -2.33. The number of halogens is 3. The summed E-state index contributed by atoms with van der Waals surface area (Å²) in [5, 5.41) is 2.72. The van der Waals surface area contributed by atoms with Crippen molar-refractivity contribution in [1.29, 1.82) is 0 Å². The molecule has 0 aliphatic carbocycles. The van der Waals surface area contributed by atoms with Crippen LogP contribution in [0.2, 0.25) is 0 Å². The maximum absolute atomic E-state index is 13.4. The van der Waals surface area contributed by atoms with Crippen LogP contribution in [0.5, 0.6) is 0 Å². The van der Waals surface area contributed by atoms with Gasteiger partial charge in [-0.25, -0.2) is 4.39 Å². The third kappa shape index (κ3) is 6.65. The van der Waals surface area contributed by atoms with Crippen molar-refractivity contribution in [3.05, 3.63) is 34.1 Å². The summed E-state index contributed by atoms with van der Waals surface area (Å²) in [4.78, 5) is 11.6. The molecule has 1 atom stereocenters. The number of rotatable bonds is 7. The Morgan fingerprint density at radius 3 is 2.85 bits per heavy atom. The highest BCUT2D eigenvalue weighted by atomic mass is 79.9. The zero-order valence-electron chi connectivity index (χ0n) is 11.2. The number of amides is 1. The van der Waals surface area contributed by atoms with Crippen molar-refractivity contribution in [2.75, 3.05) is 20.2 Å². The predicted molar refractivity (Wildman–Crippen MR) is 82.5 cm³/mol. The van der Waals surface area contributed by atoms with E-state index in [1.54, 1.807) is 12.1 Å². The second-order valence-electron chi connectivity index (χ2n) is 4.13. The van der Waals surface area contributed by atoms with Crippen molar-refractivity contribution in [3.8, 4) is 0 Å². The van der Waals surface area contributed by atoms with Crippen LogP contribution >= 0.6 is 28.3 Å². The average molecular weight is 370 g/mol. The van der Waals surface area contributed by atoms with Crippen LogP contribution in [-0.4, -0.2) is 32.2 Å². The monoisotopic (exact) mass is 368 g/mol. The molecular formula is C13H19BrClFN2O2. The summed E-state index contributed by atoms with van der Waals surface area (Å²) in [5.41, 5.74) is 5.99. The van der Waals surface area contributed by atoms with Gasteiger partial charge in [0.25, 0.3) is 0 Å². The molecule has 0 aromatic heterocycles. The lowest BCUT2D eigenvalue weighted by Gasteiger charge is -2.12. The van der Waals surface area contributed by atoms with Crippen molar-refractivity contribution in [3.63, 3.8) is 0 Å². The summed E-state index contributed by atoms with van der Waals surface area (Å²) in [6.45, 7) is 0.678. The lowest BCUT2D eigenvalue weighted by atomic mass is 10.1. The summed E-state index contributed by atoms with van der Waals surface area (Å²) < 4.78 is 19.3. The summed E-state index contributed by atoms with van der Waals surface area (Å²) in [6, 6.07) is 4.75. The average Bonchev–Trinajstić information content (AvgIpc) is 2.40. The van der Waals surface area contributed by atoms with Gasteiger partial charge in [-0.15, -0.1) is 12.4 Å². The molecule has 1 aromatic carbocycles. The molecule has 0 spiro atoms. The van der Waals surface area contributed by atoms with Gasteiger partial charge in [0, 0.05) is 24.7 Å². The molecule has 0 bridgehead atoms. The lowest BCUT2D eigenvalue weighted by molar-refractivity contribution is -0.123. The minimum Gasteiger partial charge on any atom is -0.380 e. The number of methoxy groups -OCH3 is 1. The first-order valence-corrected chi connectivity index (χ1v) is 6.79. The number of ether oxygens (including phenoxy) is 1. The molecule has 0 heterocycles. The van der Waals surface area contributed by atoms with E-state index >= 15 is 0 Å². The van der Waals surface area contributed by atoms with E-state index in [0.717, 1.165) is 4.47 Å². The molecule has 1 unspecified atom stereocenters. The Morgan fingerprint density at radius 1 is 1.55 bits per heavy atom. The summed E-state index contributed by atoms with van der Waals surface area (Å²) >= 11 is 3.28. The van der Waals surface area contributed by atoms with Crippen LogP contribution in [0, 0.1) is 5.82 Å². The number of nitrogens with two attached hydrogens (primary N) is 1. The summed E-state index contributed by atoms with van der Waals surface area (Å²) in [6.07, 6.45) is 0.383. The highest BCUT2D eigenvalue weighted by Gasteiger charge is 2.11. The minimum atomic E-state index is -0.275. The van der Waals surface area contributed by atoms with Crippen LogP contribution in [-0.2, 0) is 16.0 Å². The first-order chi connectivity index (χ1) is 9.06. The number of hydrogen-bond acceptors (Lipinski definition) is 3. The van der Waals surface area contributed by atoms with E-state index in [2.05, 4.69) is 21.2 Å². The van der Waals surface area contributed by atoms with Crippen molar-refractivity contribution in [1.82, 2.24) is 5.32 Å². The molecule has 1 rings (SSSR count). The standard InChI is InChI=1S/C13H18BrFN2O2.ClH/c1-19-11(8-16)7-13(18)17-5-4-9-6-10(14)2-3-12(9)15;/h2-3,6,11H,4-5,7-8,16H2,1H3,(H,17,18);1H. The van der Waals surface area contributed by atoms with Gasteiger partial charge in [-0.05, 0) is 30.2 Å². The molecule has 0 saturated heterocycles. The van der Waals surface area contributed by atoms with E-state index in [9.17, 15) is 9.18 Å². The molecule has 3 N–H and O–H groups in total. The van der Waals surface area contributed by atoms with E-state index in [1.165, 1.54) is 13.2 Å². The molecule has 7 heteroatoms. The zero-order valence-corrected chi connectivity index (χ0v) is 13.6. The van der Waals surface area contributed by atoms with Crippen LogP contribution in [0.15, 0.2) is 22.7 Å². The molecule has 0 saturated carbocycles. The van der Waals surface area contributed by atoms with E-state index in [1.807, 2.05) is 0 Å². The van der Waals surface area contributed by atoms with Gasteiger partial charge < -0.3 is 15.8 Å². The van der Waals surface area contributed by atoms with Crippen LogP contribution in [0.4, 0.5) is 4.39 Å². The van der Waals surface area contributed by atoms with Crippen LogP contribution < -0.4 is 11.1 Å². The third-order valence-electron chi connectivity index (χ3n) is 2.73. The molecular weight excluding hydrogens is 351 g/mol. The van der Waals surface area contributed by atoms with Gasteiger partial charge in [-0.2, -0.15) is 0 Å². The fourth-order valence-corrected chi connectivity index (χ4v) is 2.02. The fourth-order valence-electron chi connectivity index (χ4n) is 1.61. The maximum atomic E-state index is 13.4. The number of hydrogen-bond donors (Lipinski definition) is 2. The molecule has 0 aliphatic rings. The summed E-state index contributed by atoms with van der Waals surface area (Å²) in [5.74, 6) is -0.415. The highest BCUT2D eigenvalue weighted by molar-refractivity contribution is 9.10. The number of nitrogens with one attached hydrogen (secondary N) is 1. The van der Waals surface area contributed by atoms with Gasteiger partial charge in [0.1, 0.15) is 5.82 Å². The topological polar surface area (TPSA) is 64.3 Å². The van der Waals surface area contributed by atoms with Crippen molar-refractivity contribution in [2.45, 2.75) is 18.9 Å². The second kappa shape index (κ2) is 10.1. The molecule has 0 radical (unpaired) electrons. The first kappa shape index (κ1) is 19.3. The SMILES string of the molecule is COC(CN)CC(=O)NCCc1cc(Br)ccc1F.Cl. The van der Waals surface area contributed by atoms with Gasteiger partial charge in [0.2, 0.25) is 5.91 Å². The quantitative estimate of drug-likeness (QED) is 0.773. The number of carbonyl (C=O) groups excluding carboxylic acids is 1. The Labute approximate surface area is 132 Å². The Balaban J connectivity index is 0.00000361. The normalized spacial score (nSPS) is 11.6. The molecule has 20 heavy (non-hydrogen) atoms. The number of benzene rings is 1. The van der Waals surface area contributed by atoms with Gasteiger partial charge in [-0.3, -0.25) is 4.79 Å².